The SMILES string of the molecule is Cc1ccn2c(=O)cc(COC(=O)[C@H]3CCCN(C(=O)c4ccc(F)cc4)C3)nc2c1. The first-order chi connectivity index (χ1) is 14.9. The Morgan fingerprint density at radius 2 is 1.97 bits per heavy atom. The molecule has 1 saturated heterocycles. The van der Waals surface area contributed by atoms with Crippen LogP contribution < -0.4 is 5.56 Å². The number of hydrogen-bond donors (Lipinski definition) is 0. The van der Waals surface area contributed by atoms with E-state index in [-0.39, 0.29) is 24.6 Å². The van der Waals surface area contributed by atoms with Gasteiger partial charge in [-0.1, -0.05) is 0 Å². The Hall–Kier alpha value is -3.55. The zero-order valence-corrected chi connectivity index (χ0v) is 17.1. The number of esters is 1. The van der Waals surface area contributed by atoms with E-state index in [1.165, 1.54) is 34.7 Å². The molecule has 0 spiro atoms. The van der Waals surface area contributed by atoms with Crippen LogP contribution >= 0.6 is 0 Å². The van der Waals surface area contributed by atoms with E-state index in [0.717, 1.165) is 5.56 Å². The summed E-state index contributed by atoms with van der Waals surface area (Å²) in [4.78, 5) is 43.5. The highest BCUT2D eigenvalue weighted by atomic mass is 19.1. The van der Waals surface area contributed by atoms with Gasteiger partial charge >= 0.3 is 5.97 Å². The van der Waals surface area contributed by atoms with Crippen LogP contribution in [-0.2, 0) is 16.1 Å². The molecule has 2 aromatic heterocycles. The lowest BCUT2D eigenvalue weighted by Crippen LogP contribution is -2.42. The Morgan fingerprint density at radius 3 is 2.74 bits per heavy atom. The largest absolute Gasteiger partial charge is 0.459 e. The van der Waals surface area contributed by atoms with E-state index in [9.17, 15) is 18.8 Å². The molecular formula is C23H22FN3O4. The summed E-state index contributed by atoms with van der Waals surface area (Å²) < 4.78 is 19.9. The highest BCUT2D eigenvalue weighted by molar-refractivity contribution is 5.94. The number of aryl methyl sites for hydroxylation is 1. The third-order valence-corrected chi connectivity index (χ3v) is 5.37. The molecular weight excluding hydrogens is 401 g/mol. The Labute approximate surface area is 178 Å². The third-order valence-electron chi connectivity index (χ3n) is 5.37. The maximum Gasteiger partial charge on any atom is 0.311 e. The van der Waals surface area contributed by atoms with E-state index < -0.39 is 17.7 Å². The van der Waals surface area contributed by atoms with Crippen molar-refractivity contribution in [3.05, 3.63) is 81.7 Å². The number of amides is 1. The van der Waals surface area contributed by atoms with Crippen molar-refractivity contribution >= 4 is 17.5 Å². The monoisotopic (exact) mass is 423 g/mol. The summed E-state index contributed by atoms with van der Waals surface area (Å²) in [6.07, 6.45) is 2.94. The van der Waals surface area contributed by atoms with E-state index in [2.05, 4.69) is 4.98 Å². The Kier molecular flexibility index (Phi) is 5.79. The van der Waals surface area contributed by atoms with E-state index in [4.69, 9.17) is 4.74 Å². The summed E-state index contributed by atoms with van der Waals surface area (Å²) in [5, 5.41) is 0. The first-order valence-electron chi connectivity index (χ1n) is 10.1. The number of nitrogens with zero attached hydrogens (tertiary/aromatic N) is 3. The van der Waals surface area contributed by atoms with Crippen LogP contribution in [0.1, 0.15) is 34.5 Å². The van der Waals surface area contributed by atoms with Gasteiger partial charge in [0.25, 0.3) is 11.5 Å². The molecule has 1 fully saturated rings. The van der Waals surface area contributed by atoms with Gasteiger partial charge in [-0.05, 0) is 61.7 Å². The summed E-state index contributed by atoms with van der Waals surface area (Å²) in [5.41, 5.74) is 1.97. The Morgan fingerprint density at radius 1 is 1.19 bits per heavy atom. The number of likely N-dealkylation sites (tertiary alicyclic amines) is 1. The highest BCUT2D eigenvalue weighted by Crippen LogP contribution is 2.20. The smallest absolute Gasteiger partial charge is 0.311 e. The number of carbonyl (C=O) groups is 2. The fraction of sp³-hybridized carbons (Fsp3) is 0.304. The maximum atomic E-state index is 13.1. The Bertz CT molecular complexity index is 1190. The number of aromatic nitrogens is 2. The molecule has 160 valence electrons. The summed E-state index contributed by atoms with van der Waals surface area (Å²) in [7, 11) is 0. The van der Waals surface area contributed by atoms with Crippen LogP contribution in [0, 0.1) is 18.7 Å². The van der Waals surface area contributed by atoms with Gasteiger partial charge in [-0.25, -0.2) is 9.37 Å². The van der Waals surface area contributed by atoms with Crippen LogP contribution in [0.2, 0.25) is 0 Å². The molecule has 0 radical (unpaired) electrons. The molecule has 1 amide bonds. The fourth-order valence-electron chi connectivity index (χ4n) is 3.72. The topological polar surface area (TPSA) is 81.0 Å². The van der Waals surface area contributed by atoms with Crippen molar-refractivity contribution < 1.29 is 18.7 Å². The highest BCUT2D eigenvalue weighted by Gasteiger charge is 2.30. The molecule has 31 heavy (non-hydrogen) atoms. The second kappa shape index (κ2) is 8.67. The van der Waals surface area contributed by atoms with Crippen molar-refractivity contribution in [1.82, 2.24) is 14.3 Å². The molecule has 0 aliphatic carbocycles. The molecule has 1 aliphatic rings. The summed E-state index contributed by atoms with van der Waals surface area (Å²) in [6.45, 7) is 2.56. The van der Waals surface area contributed by atoms with Crippen LogP contribution in [0.4, 0.5) is 4.39 Å². The van der Waals surface area contributed by atoms with Gasteiger partial charge in [-0.2, -0.15) is 0 Å². The first-order valence-corrected chi connectivity index (χ1v) is 10.1. The predicted molar refractivity (Wildman–Crippen MR) is 111 cm³/mol. The van der Waals surface area contributed by atoms with E-state index in [0.29, 0.717) is 36.3 Å². The number of rotatable bonds is 4. The Balaban J connectivity index is 1.40. The maximum absolute atomic E-state index is 13.1. The van der Waals surface area contributed by atoms with E-state index >= 15 is 0 Å². The summed E-state index contributed by atoms with van der Waals surface area (Å²) in [5.74, 6) is -1.53. The van der Waals surface area contributed by atoms with Gasteiger partial charge in [0, 0.05) is 30.9 Å². The van der Waals surface area contributed by atoms with Gasteiger partial charge < -0.3 is 9.64 Å². The average Bonchev–Trinajstić information content (AvgIpc) is 2.77. The number of hydrogen-bond acceptors (Lipinski definition) is 5. The van der Waals surface area contributed by atoms with Crippen molar-refractivity contribution in [1.29, 1.82) is 0 Å². The second-order valence-corrected chi connectivity index (χ2v) is 7.72. The second-order valence-electron chi connectivity index (χ2n) is 7.72. The molecule has 4 rings (SSSR count). The van der Waals surface area contributed by atoms with Crippen LogP contribution in [0.25, 0.3) is 5.65 Å². The first kappa shape index (κ1) is 20.7. The van der Waals surface area contributed by atoms with Crippen molar-refractivity contribution in [3.63, 3.8) is 0 Å². The number of benzene rings is 1. The lowest BCUT2D eigenvalue weighted by Gasteiger charge is -2.31. The van der Waals surface area contributed by atoms with Gasteiger partial charge in [-0.15, -0.1) is 0 Å². The lowest BCUT2D eigenvalue weighted by atomic mass is 9.97. The van der Waals surface area contributed by atoms with Crippen molar-refractivity contribution in [2.45, 2.75) is 26.4 Å². The zero-order valence-electron chi connectivity index (χ0n) is 17.1. The molecule has 0 N–H and O–H groups in total. The molecule has 3 aromatic rings. The number of carbonyl (C=O) groups excluding carboxylic acids is 2. The van der Waals surface area contributed by atoms with Crippen LogP contribution in [-0.4, -0.2) is 39.3 Å². The minimum absolute atomic E-state index is 0.110. The lowest BCUT2D eigenvalue weighted by molar-refractivity contribution is -0.151. The van der Waals surface area contributed by atoms with Gasteiger partial charge in [0.1, 0.15) is 18.1 Å². The molecule has 0 unspecified atom stereocenters. The number of ether oxygens (including phenoxy) is 1. The molecule has 1 aliphatic heterocycles. The van der Waals surface area contributed by atoms with Crippen LogP contribution in [0.15, 0.2) is 53.5 Å². The molecule has 1 aromatic carbocycles. The molecule has 0 bridgehead atoms. The van der Waals surface area contributed by atoms with Crippen molar-refractivity contribution in [2.75, 3.05) is 13.1 Å². The average molecular weight is 423 g/mol. The normalized spacial score (nSPS) is 16.3. The van der Waals surface area contributed by atoms with Gasteiger partial charge in [0.05, 0.1) is 11.6 Å². The molecule has 1 atom stereocenters. The summed E-state index contributed by atoms with van der Waals surface area (Å²) >= 11 is 0. The third kappa shape index (κ3) is 4.63. The summed E-state index contributed by atoms with van der Waals surface area (Å²) in [6, 6.07) is 10.3. The molecule has 7 nitrogen and oxygen atoms in total. The zero-order chi connectivity index (χ0) is 22.0. The number of halogens is 1. The van der Waals surface area contributed by atoms with E-state index in [1.807, 2.05) is 13.0 Å². The molecule has 0 saturated carbocycles. The number of pyridine rings is 1. The number of fused-ring (bicyclic) bond motifs is 1. The van der Waals surface area contributed by atoms with Crippen LogP contribution in [0.5, 0.6) is 0 Å². The van der Waals surface area contributed by atoms with Crippen molar-refractivity contribution in [2.24, 2.45) is 5.92 Å². The molecule has 3 heterocycles. The minimum Gasteiger partial charge on any atom is -0.459 e. The predicted octanol–water partition coefficient (Wildman–Crippen LogP) is 2.74. The van der Waals surface area contributed by atoms with E-state index in [1.54, 1.807) is 17.2 Å². The van der Waals surface area contributed by atoms with Gasteiger partial charge in [-0.3, -0.25) is 18.8 Å². The van der Waals surface area contributed by atoms with Crippen molar-refractivity contribution in [3.8, 4) is 0 Å². The minimum atomic E-state index is -0.457. The van der Waals surface area contributed by atoms with Crippen LogP contribution in [0.3, 0.4) is 0 Å². The van der Waals surface area contributed by atoms with Gasteiger partial charge in [0.15, 0.2) is 0 Å². The standard InChI is InChI=1S/C23H22FN3O4/c1-15-8-10-27-20(11-15)25-19(12-21(27)28)14-31-23(30)17-3-2-9-26(13-17)22(29)16-4-6-18(24)7-5-16/h4-8,10-12,17H,2-3,9,13-14H2,1H3/t17-/m0/s1. The number of piperidine rings is 1. The quantitative estimate of drug-likeness (QED) is 0.603. The fourth-order valence-corrected chi connectivity index (χ4v) is 3.72. The molecule has 8 heteroatoms. The van der Waals surface area contributed by atoms with Gasteiger partial charge in [0.2, 0.25) is 0 Å².